The molecule has 1 unspecified atom stereocenters. The number of rotatable bonds is 9. The molecule has 1 amide bonds. The molecule has 0 bridgehead atoms. The minimum atomic E-state index is -0.864. The van der Waals surface area contributed by atoms with Gasteiger partial charge < -0.3 is 14.8 Å². The second-order valence-electron chi connectivity index (χ2n) is 5.80. The van der Waals surface area contributed by atoms with E-state index in [0.29, 0.717) is 30.6 Å². The van der Waals surface area contributed by atoms with Crippen molar-refractivity contribution in [2.75, 3.05) is 0 Å². The molecule has 5 nitrogen and oxygen atoms in total. The Kier molecular flexibility index (Phi) is 6.61. The van der Waals surface area contributed by atoms with Crippen molar-refractivity contribution in [3.05, 3.63) is 59.5 Å². The van der Waals surface area contributed by atoms with Crippen LogP contribution in [0.15, 0.2) is 47.1 Å². The van der Waals surface area contributed by atoms with Crippen LogP contribution >= 0.6 is 0 Å². The third-order valence-electron chi connectivity index (χ3n) is 3.83. The van der Waals surface area contributed by atoms with Crippen molar-refractivity contribution in [3.63, 3.8) is 0 Å². The fraction of sp³-hybridized carbons (Fsp3) is 0.368. The Hall–Kier alpha value is -2.56. The first-order valence-corrected chi connectivity index (χ1v) is 8.23. The van der Waals surface area contributed by atoms with Gasteiger partial charge in [0.2, 0.25) is 0 Å². The lowest BCUT2D eigenvalue weighted by Crippen LogP contribution is -2.37. The van der Waals surface area contributed by atoms with E-state index in [2.05, 4.69) is 5.32 Å². The zero-order valence-electron chi connectivity index (χ0n) is 13.8. The van der Waals surface area contributed by atoms with Crippen molar-refractivity contribution in [1.29, 1.82) is 0 Å². The largest absolute Gasteiger partial charge is 0.481 e. The van der Waals surface area contributed by atoms with Crippen molar-refractivity contribution in [1.82, 2.24) is 5.32 Å². The highest BCUT2D eigenvalue weighted by Gasteiger charge is 2.19. The SMILES string of the molecule is CCCc1occc1C(=O)NC(CCC(=O)O)Cc1ccccc1. The molecule has 0 fully saturated rings. The summed E-state index contributed by atoms with van der Waals surface area (Å²) in [6, 6.07) is 11.2. The first-order chi connectivity index (χ1) is 11.6. The highest BCUT2D eigenvalue weighted by molar-refractivity contribution is 5.95. The topological polar surface area (TPSA) is 79.5 Å². The van der Waals surface area contributed by atoms with E-state index in [9.17, 15) is 9.59 Å². The van der Waals surface area contributed by atoms with Crippen molar-refractivity contribution in [2.45, 2.75) is 45.1 Å². The van der Waals surface area contributed by atoms with Gasteiger partial charge >= 0.3 is 5.97 Å². The molecule has 2 rings (SSSR count). The summed E-state index contributed by atoms with van der Waals surface area (Å²) in [6.07, 6.45) is 4.11. The van der Waals surface area contributed by atoms with E-state index >= 15 is 0 Å². The molecule has 24 heavy (non-hydrogen) atoms. The molecule has 0 saturated heterocycles. The molecular formula is C19H23NO4. The van der Waals surface area contributed by atoms with Gasteiger partial charge in [0.25, 0.3) is 5.91 Å². The van der Waals surface area contributed by atoms with Gasteiger partial charge in [-0.1, -0.05) is 37.3 Å². The number of carboxylic acids is 1. The highest BCUT2D eigenvalue weighted by Crippen LogP contribution is 2.14. The zero-order chi connectivity index (χ0) is 17.4. The number of aliphatic carboxylic acids is 1. The maximum Gasteiger partial charge on any atom is 0.303 e. The normalized spacial score (nSPS) is 11.9. The molecule has 1 aromatic heterocycles. The minimum Gasteiger partial charge on any atom is -0.481 e. The number of benzene rings is 1. The van der Waals surface area contributed by atoms with Crippen LogP contribution in [0, 0.1) is 0 Å². The van der Waals surface area contributed by atoms with Crippen LogP contribution in [0.2, 0.25) is 0 Å². The van der Waals surface area contributed by atoms with Gasteiger partial charge in [-0.2, -0.15) is 0 Å². The summed E-state index contributed by atoms with van der Waals surface area (Å²) >= 11 is 0. The number of amides is 1. The monoisotopic (exact) mass is 329 g/mol. The molecule has 128 valence electrons. The van der Waals surface area contributed by atoms with Crippen molar-refractivity contribution in [3.8, 4) is 0 Å². The predicted octanol–water partition coefficient (Wildman–Crippen LogP) is 3.44. The molecule has 0 saturated carbocycles. The van der Waals surface area contributed by atoms with Crippen LogP contribution < -0.4 is 5.32 Å². The molecule has 1 aromatic carbocycles. The molecule has 5 heteroatoms. The molecule has 0 aliphatic rings. The summed E-state index contributed by atoms with van der Waals surface area (Å²) in [5.41, 5.74) is 1.60. The van der Waals surface area contributed by atoms with E-state index in [-0.39, 0.29) is 18.4 Å². The Bertz CT molecular complexity index is 663. The van der Waals surface area contributed by atoms with Crippen LogP contribution in [0.5, 0.6) is 0 Å². The Labute approximate surface area is 141 Å². The summed E-state index contributed by atoms with van der Waals surface area (Å²) in [5.74, 6) is -0.400. The molecule has 1 heterocycles. The number of furan rings is 1. The molecule has 0 aliphatic carbocycles. The minimum absolute atomic E-state index is 0.0188. The number of hydrogen-bond donors (Lipinski definition) is 2. The number of hydrogen-bond acceptors (Lipinski definition) is 3. The number of nitrogens with one attached hydrogen (secondary N) is 1. The lowest BCUT2D eigenvalue weighted by atomic mass is 10.0. The average Bonchev–Trinajstić information content (AvgIpc) is 3.02. The molecule has 1 atom stereocenters. The quantitative estimate of drug-likeness (QED) is 0.738. The molecule has 2 aromatic rings. The van der Waals surface area contributed by atoms with Crippen LogP contribution in [0.1, 0.15) is 47.9 Å². The van der Waals surface area contributed by atoms with Gasteiger partial charge in [0, 0.05) is 18.9 Å². The lowest BCUT2D eigenvalue weighted by molar-refractivity contribution is -0.137. The predicted molar refractivity (Wildman–Crippen MR) is 91.0 cm³/mol. The van der Waals surface area contributed by atoms with Gasteiger partial charge in [0.15, 0.2) is 0 Å². The first-order valence-electron chi connectivity index (χ1n) is 8.23. The van der Waals surface area contributed by atoms with Crippen LogP contribution in [0.4, 0.5) is 0 Å². The van der Waals surface area contributed by atoms with Gasteiger partial charge in [-0.15, -0.1) is 0 Å². The molecule has 0 aliphatic heterocycles. The van der Waals surface area contributed by atoms with Crippen molar-refractivity contribution >= 4 is 11.9 Å². The van der Waals surface area contributed by atoms with Gasteiger partial charge in [-0.25, -0.2) is 0 Å². The zero-order valence-corrected chi connectivity index (χ0v) is 13.8. The van der Waals surface area contributed by atoms with Gasteiger partial charge in [-0.05, 0) is 30.9 Å². The first kappa shape index (κ1) is 17.8. The standard InChI is InChI=1S/C19H23NO4/c1-2-6-17-16(11-12-24-17)19(23)20-15(9-10-18(21)22)13-14-7-4-3-5-8-14/h3-5,7-8,11-12,15H,2,6,9-10,13H2,1H3,(H,20,23)(H,21,22). The second-order valence-corrected chi connectivity index (χ2v) is 5.80. The van der Waals surface area contributed by atoms with Crippen molar-refractivity contribution in [2.24, 2.45) is 0 Å². The maximum atomic E-state index is 12.5. The van der Waals surface area contributed by atoms with E-state index in [1.165, 1.54) is 6.26 Å². The highest BCUT2D eigenvalue weighted by atomic mass is 16.4. The summed E-state index contributed by atoms with van der Waals surface area (Å²) in [7, 11) is 0. The van der Waals surface area contributed by atoms with Crippen LogP contribution in [0.25, 0.3) is 0 Å². The van der Waals surface area contributed by atoms with E-state index in [0.717, 1.165) is 12.0 Å². The Balaban J connectivity index is 2.07. The maximum absolute atomic E-state index is 12.5. The number of aryl methyl sites for hydroxylation is 1. The van der Waals surface area contributed by atoms with E-state index in [1.807, 2.05) is 37.3 Å². The Morgan fingerprint density at radius 1 is 1.21 bits per heavy atom. The molecule has 0 spiro atoms. The van der Waals surface area contributed by atoms with Crippen molar-refractivity contribution < 1.29 is 19.1 Å². The fourth-order valence-corrected chi connectivity index (χ4v) is 2.65. The third-order valence-corrected chi connectivity index (χ3v) is 3.83. The Morgan fingerprint density at radius 2 is 1.96 bits per heavy atom. The van der Waals surface area contributed by atoms with E-state index < -0.39 is 5.97 Å². The fourth-order valence-electron chi connectivity index (χ4n) is 2.65. The van der Waals surface area contributed by atoms with Crippen LogP contribution in [-0.4, -0.2) is 23.0 Å². The molecular weight excluding hydrogens is 306 g/mol. The van der Waals surface area contributed by atoms with E-state index in [1.54, 1.807) is 6.07 Å². The smallest absolute Gasteiger partial charge is 0.303 e. The summed E-state index contributed by atoms with van der Waals surface area (Å²) in [6.45, 7) is 2.02. The summed E-state index contributed by atoms with van der Waals surface area (Å²) in [5, 5.41) is 11.9. The number of carbonyl (C=O) groups is 2. The third kappa shape index (κ3) is 5.26. The summed E-state index contributed by atoms with van der Waals surface area (Å²) in [4.78, 5) is 23.4. The average molecular weight is 329 g/mol. The number of carbonyl (C=O) groups excluding carboxylic acids is 1. The lowest BCUT2D eigenvalue weighted by Gasteiger charge is -2.18. The Morgan fingerprint density at radius 3 is 2.62 bits per heavy atom. The molecule has 0 radical (unpaired) electrons. The summed E-state index contributed by atoms with van der Waals surface area (Å²) < 4.78 is 5.37. The second kappa shape index (κ2) is 8.91. The number of carboxylic acid groups (broad SMARTS) is 1. The van der Waals surface area contributed by atoms with E-state index in [4.69, 9.17) is 9.52 Å². The molecule has 2 N–H and O–H groups in total. The van der Waals surface area contributed by atoms with Gasteiger partial charge in [-0.3, -0.25) is 9.59 Å². The van der Waals surface area contributed by atoms with Crippen LogP contribution in [-0.2, 0) is 17.6 Å². The van der Waals surface area contributed by atoms with Gasteiger partial charge in [0.05, 0.1) is 11.8 Å². The van der Waals surface area contributed by atoms with Crippen LogP contribution in [0.3, 0.4) is 0 Å². The van der Waals surface area contributed by atoms with Gasteiger partial charge in [0.1, 0.15) is 5.76 Å².